The average molecular weight is 218 g/mol. The number of aliphatic carboxylic acids is 1. The summed E-state index contributed by atoms with van der Waals surface area (Å²) in [5.41, 5.74) is -1.90. The van der Waals surface area contributed by atoms with E-state index in [0.717, 1.165) is 13.8 Å². The maximum absolute atomic E-state index is 12.3. The van der Waals surface area contributed by atoms with Crippen molar-refractivity contribution >= 4 is 5.97 Å². The fourth-order valence-electron chi connectivity index (χ4n) is 0.401. The van der Waals surface area contributed by atoms with Gasteiger partial charge in [0.1, 0.15) is 6.61 Å². The third-order valence-electron chi connectivity index (χ3n) is 1.46. The van der Waals surface area contributed by atoms with Crippen LogP contribution >= 0.6 is 0 Å². The lowest BCUT2D eigenvalue weighted by molar-refractivity contribution is -0.199. The van der Waals surface area contributed by atoms with Crippen molar-refractivity contribution in [1.82, 2.24) is 0 Å². The van der Waals surface area contributed by atoms with Crippen molar-refractivity contribution in [2.24, 2.45) is 0 Å². The molecule has 0 aliphatic carbocycles. The van der Waals surface area contributed by atoms with Gasteiger partial charge in [0, 0.05) is 0 Å². The van der Waals surface area contributed by atoms with E-state index in [1.165, 1.54) is 0 Å². The first-order valence-corrected chi connectivity index (χ1v) is 3.63. The summed E-state index contributed by atoms with van der Waals surface area (Å²) in [5, 5.41) is 8.42. The van der Waals surface area contributed by atoms with Gasteiger partial charge in [0.15, 0.2) is 5.60 Å². The zero-order valence-electron chi connectivity index (χ0n) is 7.56. The van der Waals surface area contributed by atoms with Crippen molar-refractivity contribution in [1.29, 1.82) is 0 Å². The second-order valence-electron chi connectivity index (χ2n) is 3.17. The number of carboxylic acid groups (broad SMARTS) is 1. The molecule has 0 aromatic rings. The highest BCUT2D eigenvalue weighted by Crippen LogP contribution is 2.25. The third-order valence-corrected chi connectivity index (χ3v) is 1.46. The molecule has 7 heteroatoms. The van der Waals surface area contributed by atoms with Gasteiger partial charge in [0.05, 0.1) is 0 Å². The molecule has 14 heavy (non-hydrogen) atoms. The minimum Gasteiger partial charge on any atom is -0.479 e. The number of carbonyl (C=O) groups is 1. The summed E-state index contributed by atoms with van der Waals surface area (Å²) >= 11 is 0. The zero-order chi connectivity index (χ0) is 11.6. The van der Waals surface area contributed by atoms with Crippen LogP contribution in [0, 0.1) is 0 Å². The Morgan fingerprint density at radius 2 is 1.86 bits per heavy atom. The molecule has 0 aromatic heterocycles. The predicted octanol–water partition coefficient (Wildman–Crippen LogP) is 1.77. The number of alkyl halides is 4. The van der Waals surface area contributed by atoms with Gasteiger partial charge in [-0.05, 0) is 13.8 Å². The van der Waals surface area contributed by atoms with Crippen LogP contribution in [0.2, 0.25) is 0 Å². The molecule has 0 atom stereocenters. The predicted molar refractivity (Wildman–Crippen MR) is 38.6 cm³/mol. The first-order chi connectivity index (χ1) is 6.09. The summed E-state index contributed by atoms with van der Waals surface area (Å²) in [6, 6.07) is 0. The molecule has 0 radical (unpaired) electrons. The van der Waals surface area contributed by atoms with Gasteiger partial charge in [0.2, 0.25) is 0 Å². The number of halogens is 4. The summed E-state index contributed by atoms with van der Waals surface area (Å²) in [6.45, 7) is 0.373. The highest BCUT2D eigenvalue weighted by molar-refractivity contribution is 5.76. The van der Waals surface area contributed by atoms with E-state index in [1.54, 1.807) is 0 Å². The second-order valence-corrected chi connectivity index (χ2v) is 3.17. The van der Waals surface area contributed by atoms with Crippen molar-refractivity contribution in [3.63, 3.8) is 0 Å². The molecule has 0 aliphatic rings. The molecule has 0 spiro atoms. The van der Waals surface area contributed by atoms with Gasteiger partial charge in [0.25, 0.3) is 0 Å². The van der Waals surface area contributed by atoms with Crippen LogP contribution in [0.25, 0.3) is 0 Å². The largest absolute Gasteiger partial charge is 0.479 e. The van der Waals surface area contributed by atoms with Crippen molar-refractivity contribution in [3.05, 3.63) is 0 Å². The van der Waals surface area contributed by atoms with Crippen LogP contribution in [-0.4, -0.2) is 35.6 Å². The first kappa shape index (κ1) is 13.2. The average Bonchev–Trinajstić information content (AvgIpc) is 2.01. The topological polar surface area (TPSA) is 46.5 Å². The van der Waals surface area contributed by atoms with Crippen molar-refractivity contribution in [2.75, 3.05) is 6.61 Å². The zero-order valence-corrected chi connectivity index (χ0v) is 7.56. The summed E-state index contributed by atoms with van der Waals surface area (Å²) < 4.78 is 52.0. The van der Waals surface area contributed by atoms with Crippen LogP contribution in [0.3, 0.4) is 0 Å². The molecule has 1 N–H and O–H groups in total. The molecule has 0 saturated carbocycles. The fraction of sp³-hybridized carbons (Fsp3) is 0.857. The quantitative estimate of drug-likeness (QED) is 0.715. The van der Waals surface area contributed by atoms with Gasteiger partial charge in [-0.2, -0.15) is 8.78 Å². The van der Waals surface area contributed by atoms with Crippen LogP contribution in [-0.2, 0) is 9.53 Å². The summed E-state index contributed by atoms with van der Waals surface area (Å²) in [5.74, 6) is -5.82. The number of carboxylic acids is 1. The molecule has 0 aromatic carbocycles. The van der Waals surface area contributed by atoms with Crippen LogP contribution in [0.1, 0.15) is 13.8 Å². The number of rotatable bonds is 5. The molecular weight excluding hydrogens is 208 g/mol. The lowest BCUT2D eigenvalue weighted by atomic mass is 10.1. The van der Waals surface area contributed by atoms with E-state index in [9.17, 15) is 22.4 Å². The van der Waals surface area contributed by atoms with E-state index < -0.39 is 30.5 Å². The van der Waals surface area contributed by atoms with Crippen molar-refractivity contribution in [2.45, 2.75) is 31.8 Å². The Balaban J connectivity index is 4.25. The standard InChI is InChI=1S/C7H10F4O3/c1-6(2,5(12)13)14-3-7(10,11)4(8)9/h4H,3H2,1-2H3,(H,12,13). The highest BCUT2D eigenvalue weighted by Gasteiger charge is 2.43. The molecule has 0 saturated heterocycles. The van der Waals surface area contributed by atoms with Gasteiger partial charge >= 0.3 is 18.3 Å². The monoisotopic (exact) mass is 218 g/mol. The van der Waals surface area contributed by atoms with Crippen LogP contribution < -0.4 is 0 Å². The van der Waals surface area contributed by atoms with Crippen LogP contribution in [0.15, 0.2) is 0 Å². The van der Waals surface area contributed by atoms with Crippen molar-refractivity contribution < 1.29 is 32.2 Å². The lowest BCUT2D eigenvalue weighted by Crippen LogP contribution is -2.41. The Kier molecular flexibility index (Phi) is 3.87. The molecular formula is C7H10F4O3. The van der Waals surface area contributed by atoms with E-state index >= 15 is 0 Å². The molecule has 0 rings (SSSR count). The Hall–Kier alpha value is -0.850. The number of hydrogen-bond donors (Lipinski definition) is 1. The SMILES string of the molecule is CC(C)(OCC(F)(F)C(F)F)C(=O)O. The maximum Gasteiger partial charge on any atom is 0.335 e. The van der Waals surface area contributed by atoms with Gasteiger partial charge in [-0.15, -0.1) is 0 Å². The Morgan fingerprint density at radius 1 is 1.43 bits per heavy atom. The van der Waals surface area contributed by atoms with E-state index in [1.807, 2.05) is 0 Å². The minimum atomic E-state index is -4.33. The second kappa shape index (κ2) is 4.12. The Morgan fingerprint density at radius 3 is 2.14 bits per heavy atom. The molecule has 0 bridgehead atoms. The lowest BCUT2D eigenvalue weighted by Gasteiger charge is -2.23. The van der Waals surface area contributed by atoms with Gasteiger partial charge in [-0.25, -0.2) is 13.6 Å². The number of hydrogen-bond acceptors (Lipinski definition) is 2. The van der Waals surface area contributed by atoms with Crippen LogP contribution in [0.5, 0.6) is 0 Å². The highest BCUT2D eigenvalue weighted by atomic mass is 19.3. The molecule has 3 nitrogen and oxygen atoms in total. The third kappa shape index (κ3) is 3.49. The normalized spacial score (nSPS) is 13.4. The smallest absolute Gasteiger partial charge is 0.335 e. The summed E-state index contributed by atoms with van der Waals surface area (Å²) in [4.78, 5) is 10.4. The molecule has 0 fully saturated rings. The fourth-order valence-corrected chi connectivity index (χ4v) is 0.401. The van der Waals surface area contributed by atoms with Crippen LogP contribution in [0.4, 0.5) is 17.6 Å². The molecule has 0 heterocycles. The minimum absolute atomic E-state index is 0.997. The Labute approximate surface area is 77.7 Å². The van der Waals surface area contributed by atoms with Gasteiger partial charge < -0.3 is 9.84 Å². The van der Waals surface area contributed by atoms with E-state index in [4.69, 9.17) is 5.11 Å². The molecule has 84 valence electrons. The van der Waals surface area contributed by atoms with E-state index in [2.05, 4.69) is 4.74 Å². The Bertz CT molecular complexity index is 215. The summed E-state index contributed by atoms with van der Waals surface area (Å²) in [7, 11) is 0. The maximum atomic E-state index is 12.3. The van der Waals surface area contributed by atoms with Crippen molar-refractivity contribution in [3.8, 4) is 0 Å². The molecule has 0 amide bonds. The van der Waals surface area contributed by atoms with Gasteiger partial charge in [-0.1, -0.05) is 0 Å². The molecule has 0 unspecified atom stereocenters. The molecule has 0 aliphatic heterocycles. The first-order valence-electron chi connectivity index (χ1n) is 3.63. The summed E-state index contributed by atoms with van der Waals surface area (Å²) in [6.07, 6.45) is -3.87. The van der Waals surface area contributed by atoms with Gasteiger partial charge in [-0.3, -0.25) is 0 Å². The number of ether oxygens (including phenoxy) is 1. The van der Waals surface area contributed by atoms with E-state index in [-0.39, 0.29) is 0 Å². The van der Waals surface area contributed by atoms with E-state index in [0.29, 0.717) is 0 Å².